The first-order chi connectivity index (χ1) is 16.6. The fourth-order valence-electron chi connectivity index (χ4n) is 4.34. The lowest BCUT2D eigenvalue weighted by Crippen LogP contribution is -2.40. The third-order valence-electron chi connectivity index (χ3n) is 6.05. The molecule has 1 atom stereocenters. The number of benzene rings is 1. The zero-order valence-corrected chi connectivity index (χ0v) is 20.5. The number of esters is 1. The van der Waals surface area contributed by atoms with Crippen LogP contribution in [0.3, 0.4) is 0 Å². The van der Waals surface area contributed by atoms with Gasteiger partial charge < -0.3 is 14.5 Å². The number of carbonyl (C=O) groups is 2. The maximum atomic E-state index is 13.8. The van der Waals surface area contributed by atoms with E-state index < -0.39 is 17.7 Å². The van der Waals surface area contributed by atoms with Crippen LogP contribution in [0.15, 0.2) is 23.4 Å². The maximum absolute atomic E-state index is 13.8. The summed E-state index contributed by atoms with van der Waals surface area (Å²) in [5, 5.41) is 16.4. The molecule has 10 nitrogen and oxygen atoms in total. The number of ketones is 1. The normalized spacial score (nSPS) is 18.8. The molecule has 1 unspecified atom stereocenters. The molecule has 0 bridgehead atoms. The van der Waals surface area contributed by atoms with E-state index in [1.54, 1.807) is 26.8 Å². The second-order valence-electron chi connectivity index (χ2n) is 9.85. The van der Waals surface area contributed by atoms with Crippen LogP contribution in [0.5, 0.6) is 0 Å². The minimum Gasteiger partial charge on any atom is -0.459 e. The molecule has 11 heteroatoms. The van der Waals surface area contributed by atoms with E-state index in [0.29, 0.717) is 50.2 Å². The Labute approximate surface area is 203 Å². The molecule has 1 saturated heterocycles. The Morgan fingerprint density at radius 3 is 2.66 bits per heavy atom. The van der Waals surface area contributed by atoms with E-state index in [1.807, 2.05) is 6.92 Å². The van der Waals surface area contributed by atoms with Crippen LogP contribution in [0.1, 0.15) is 74.8 Å². The Morgan fingerprint density at radius 2 is 1.97 bits per heavy atom. The van der Waals surface area contributed by atoms with Crippen LogP contribution in [0.4, 0.5) is 4.39 Å². The lowest BCUT2D eigenvalue weighted by atomic mass is 9.86. The maximum Gasteiger partial charge on any atom is 0.330 e. The number of rotatable bonds is 6. The van der Waals surface area contributed by atoms with E-state index in [1.165, 1.54) is 16.9 Å². The van der Waals surface area contributed by atoms with Crippen molar-refractivity contribution in [1.29, 1.82) is 0 Å². The van der Waals surface area contributed by atoms with Crippen LogP contribution in [0, 0.1) is 11.7 Å². The van der Waals surface area contributed by atoms with Gasteiger partial charge in [-0.2, -0.15) is 4.80 Å². The van der Waals surface area contributed by atoms with Crippen molar-refractivity contribution < 1.29 is 23.6 Å². The Balaban J connectivity index is 1.29. The van der Waals surface area contributed by atoms with Crippen LogP contribution in [-0.2, 0) is 27.3 Å². The van der Waals surface area contributed by atoms with E-state index in [4.69, 9.17) is 9.57 Å². The van der Waals surface area contributed by atoms with Gasteiger partial charge in [0.05, 0.1) is 6.42 Å². The van der Waals surface area contributed by atoms with Crippen molar-refractivity contribution in [2.75, 3.05) is 13.1 Å². The van der Waals surface area contributed by atoms with Gasteiger partial charge in [-0.15, -0.1) is 10.2 Å². The lowest BCUT2D eigenvalue weighted by Gasteiger charge is -2.32. The van der Waals surface area contributed by atoms with E-state index >= 15 is 0 Å². The molecule has 4 rings (SSSR count). The van der Waals surface area contributed by atoms with Crippen molar-refractivity contribution in [3.8, 4) is 0 Å². The average molecular weight is 487 g/mol. The minimum atomic E-state index is -0.592. The molecule has 0 N–H and O–H groups in total. The standard InChI is InChI=1S/C24H31FN6O4/c1-5-15-6-7-17(25)12-18(15)22(33)16-8-10-30(11-9-16)20-13-19(35-28-20)23-26-29-31(27-23)14-21(32)34-24(2,3)4/h6-7,12,16,19H,5,8-11,13-14H2,1-4H3. The topological polar surface area (TPSA) is 112 Å². The number of hydrogen-bond acceptors (Lipinski definition) is 9. The molecule has 35 heavy (non-hydrogen) atoms. The van der Waals surface area contributed by atoms with Gasteiger partial charge in [-0.05, 0) is 62.9 Å². The Kier molecular flexibility index (Phi) is 7.13. The number of hydrogen-bond donors (Lipinski definition) is 0. The molecule has 3 heterocycles. The number of nitrogens with zero attached hydrogens (tertiary/aromatic N) is 6. The number of ether oxygens (including phenoxy) is 1. The number of halogens is 1. The zero-order valence-electron chi connectivity index (χ0n) is 20.5. The number of tetrazole rings is 1. The molecule has 0 aliphatic carbocycles. The van der Waals surface area contributed by atoms with E-state index in [0.717, 1.165) is 11.4 Å². The van der Waals surface area contributed by atoms with Crippen LogP contribution in [0.25, 0.3) is 0 Å². The molecule has 1 aromatic carbocycles. The zero-order chi connectivity index (χ0) is 25.2. The van der Waals surface area contributed by atoms with Gasteiger partial charge in [0, 0.05) is 24.6 Å². The summed E-state index contributed by atoms with van der Waals surface area (Å²) < 4.78 is 19.0. The summed E-state index contributed by atoms with van der Waals surface area (Å²) in [5.74, 6) is 0.135. The van der Waals surface area contributed by atoms with Gasteiger partial charge in [0.15, 0.2) is 18.4 Å². The Morgan fingerprint density at radius 1 is 1.23 bits per heavy atom. The molecule has 2 aliphatic rings. The first-order valence-electron chi connectivity index (χ1n) is 11.9. The fraction of sp³-hybridized carbons (Fsp3) is 0.583. The Bertz CT molecular complexity index is 1120. The van der Waals surface area contributed by atoms with Crippen molar-refractivity contribution in [2.45, 2.75) is 71.6 Å². The molecule has 0 spiro atoms. The molecule has 1 fully saturated rings. The average Bonchev–Trinajstić information content (AvgIpc) is 3.47. The number of piperidine rings is 1. The quantitative estimate of drug-likeness (QED) is 0.452. The first-order valence-corrected chi connectivity index (χ1v) is 11.9. The first kappa shape index (κ1) is 24.7. The number of amidine groups is 1. The largest absolute Gasteiger partial charge is 0.459 e. The highest BCUT2D eigenvalue weighted by Gasteiger charge is 2.34. The summed E-state index contributed by atoms with van der Waals surface area (Å²) in [6, 6.07) is 4.45. The van der Waals surface area contributed by atoms with Gasteiger partial charge in [-0.1, -0.05) is 18.1 Å². The minimum absolute atomic E-state index is 0.00860. The number of likely N-dealkylation sites (tertiary alicyclic amines) is 1. The second kappa shape index (κ2) is 10.1. The summed E-state index contributed by atoms with van der Waals surface area (Å²) in [4.78, 5) is 33.8. The van der Waals surface area contributed by atoms with Crippen molar-refractivity contribution >= 4 is 17.6 Å². The fourth-order valence-corrected chi connectivity index (χ4v) is 4.34. The van der Waals surface area contributed by atoms with Gasteiger partial charge in [0.2, 0.25) is 5.82 Å². The second-order valence-corrected chi connectivity index (χ2v) is 9.85. The number of aryl methyl sites for hydroxylation is 1. The third-order valence-corrected chi connectivity index (χ3v) is 6.05. The summed E-state index contributed by atoms with van der Waals surface area (Å²) in [6.07, 6.45) is 1.99. The monoisotopic (exact) mass is 486 g/mol. The molecule has 0 radical (unpaired) electrons. The molecule has 2 aromatic rings. The molecular weight excluding hydrogens is 455 g/mol. The highest BCUT2D eigenvalue weighted by atomic mass is 19.1. The number of carbonyl (C=O) groups excluding carboxylic acids is 2. The SMILES string of the molecule is CCc1ccc(F)cc1C(=O)C1CCN(C2=NOC(c3nnn(CC(=O)OC(C)(C)C)n3)C2)CC1. The van der Waals surface area contributed by atoms with Gasteiger partial charge in [-0.25, -0.2) is 9.18 Å². The predicted octanol–water partition coefficient (Wildman–Crippen LogP) is 3.09. The van der Waals surface area contributed by atoms with Crippen LogP contribution in [0.2, 0.25) is 0 Å². The Hall–Kier alpha value is -3.37. The molecule has 1 aromatic heterocycles. The molecular formula is C24H31FN6O4. The molecule has 2 aliphatic heterocycles. The molecule has 0 saturated carbocycles. The van der Waals surface area contributed by atoms with Crippen molar-refractivity contribution in [2.24, 2.45) is 11.1 Å². The number of aromatic nitrogens is 4. The van der Waals surface area contributed by atoms with Gasteiger partial charge in [0.1, 0.15) is 17.3 Å². The van der Waals surface area contributed by atoms with Crippen molar-refractivity contribution in [3.63, 3.8) is 0 Å². The van der Waals surface area contributed by atoms with E-state index in [9.17, 15) is 14.0 Å². The lowest BCUT2D eigenvalue weighted by molar-refractivity contribution is -0.156. The molecule has 0 amide bonds. The van der Waals surface area contributed by atoms with Gasteiger partial charge in [0.25, 0.3) is 0 Å². The smallest absolute Gasteiger partial charge is 0.330 e. The summed E-state index contributed by atoms with van der Waals surface area (Å²) >= 11 is 0. The number of oxime groups is 1. The van der Waals surface area contributed by atoms with E-state index in [2.05, 4.69) is 25.5 Å². The number of Topliss-reactive ketones (excluding diaryl/α,β-unsaturated/α-hetero) is 1. The summed E-state index contributed by atoms with van der Waals surface area (Å²) in [7, 11) is 0. The highest BCUT2D eigenvalue weighted by Crippen LogP contribution is 2.29. The van der Waals surface area contributed by atoms with Crippen molar-refractivity contribution in [1.82, 2.24) is 25.1 Å². The molecule has 188 valence electrons. The summed E-state index contributed by atoms with van der Waals surface area (Å²) in [5.41, 5.74) is 0.779. The highest BCUT2D eigenvalue weighted by molar-refractivity contribution is 5.99. The third kappa shape index (κ3) is 6.01. The van der Waals surface area contributed by atoms with Crippen molar-refractivity contribution in [3.05, 3.63) is 41.0 Å². The van der Waals surface area contributed by atoms with Crippen LogP contribution in [-0.4, -0.2) is 61.4 Å². The predicted molar refractivity (Wildman–Crippen MR) is 124 cm³/mol. The van der Waals surface area contributed by atoms with Crippen LogP contribution < -0.4 is 0 Å². The van der Waals surface area contributed by atoms with Gasteiger partial charge >= 0.3 is 5.97 Å². The van der Waals surface area contributed by atoms with E-state index in [-0.39, 0.29) is 24.1 Å². The van der Waals surface area contributed by atoms with Crippen LogP contribution >= 0.6 is 0 Å². The van der Waals surface area contributed by atoms with Gasteiger partial charge in [-0.3, -0.25) is 4.79 Å². The summed E-state index contributed by atoms with van der Waals surface area (Å²) in [6.45, 7) is 8.50.